The van der Waals surface area contributed by atoms with Crippen LogP contribution in [0.4, 0.5) is 5.69 Å². The van der Waals surface area contributed by atoms with Gasteiger partial charge in [0.05, 0.1) is 10.7 Å². The van der Waals surface area contributed by atoms with E-state index in [-0.39, 0.29) is 5.91 Å². The Bertz CT molecular complexity index is 421. The molecule has 0 heterocycles. The number of halogens is 1. The van der Waals surface area contributed by atoms with Gasteiger partial charge in [-0.25, -0.2) is 0 Å². The molecule has 0 spiro atoms. The van der Waals surface area contributed by atoms with Gasteiger partial charge in [0, 0.05) is 24.7 Å². The number of hydrogen-bond acceptors (Lipinski definition) is 3. The fourth-order valence-electron chi connectivity index (χ4n) is 1.39. The molecule has 0 fully saturated rings. The van der Waals surface area contributed by atoms with Crippen LogP contribution in [-0.2, 0) is 0 Å². The Morgan fingerprint density at radius 1 is 1.50 bits per heavy atom. The average Bonchev–Trinajstić information content (AvgIpc) is 2.32. The van der Waals surface area contributed by atoms with Crippen molar-refractivity contribution in [3.8, 4) is 0 Å². The predicted molar refractivity (Wildman–Crippen MR) is 76.0 cm³/mol. The Kier molecular flexibility index (Phi) is 5.44. The molecule has 5 heteroatoms. The summed E-state index contributed by atoms with van der Waals surface area (Å²) < 4.78 is 0. The van der Waals surface area contributed by atoms with E-state index in [4.69, 9.17) is 17.3 Å². The van der Waals surface area contributed by atoms with Crippen LogP contribution in [0.3, 0.4) is 0 Å². The number of hydrogen-bond donors (Lipinski definition) is 2. The van der Waals surface area contributed by atoms with Crippen molar-refractivity contribution in [1.82, 2.24) is 10.2 Å². The van der Waals surface area contributed by atoms with Crippen LogP contribution in [0.25, 0.3) is 0 Å². The van der Waals surface area contributed by atoms with E-state index in [0.29, 0.717) is 28.9 Å². The summed E-state index contributed by atoms with van der Waals surface area (Å²) >= 11 is 5.80. The number of nitrogens with one attached hydrogen (secondary N) is 1. The van der Waals surface area contributed by atoms with Gasteiger partial charge in [-0.3, -0.25) is 4.79 Å². The van der Waals surface area contributed by atoms with Gasteiger partial charge >= 0.3 is 0 Å². The van der Waals surface area contributed by atoms with Crippen LogP contribution < -0.4 is 11.1 Å². The molecule has 0 aromatic heterocycles. The van der Waals surface area contributed by atoms with E-state index in [1.165, 1.54) is 0 Å². The van der Waals surface area contributed by atoms with Crippen molar-refractivity contribution >= 4 is 23.2 Å². The molecule has 0 aliphatic rings. The average molecular weight is 270 g/mol. The second-order valence-corrected chi connectivity index (χ2v) is 4.97. The minimum Gasteiger partial charge on any atom is -0.398 e. The zero-order chi connectivity index (χ0) is 13.7. The first-order valence-electron chi connectivity index (χ1n) is 5.95. The fourth-order valence-corrected chi connectivity index (χ4v) is 1.51. The summed E-state index contributed by atoms with van der Waals surface area (Å²) in [4.78, 5) is 14.0. The van der Waals surface area contributed by atoms with Crippen molar-refractivity contribution in [1.29, 1.82) is 0 Å². The monoisotopic (exact) mass is 269 g/mol. The first kappa shape index (κ1) is 14.8. The van der Waals surface area contributed by atoms with Crippen LogP contribution in [0.2, 0.25) is 5.02 Å². The van der Waals surface area contributed by atoms with Crippen LogP contribution in [0.15, 0.2) is 18.2 Å². The lowest BCUT2D eigenvalue weighted by Gasteiger charge is -2.20. The Hall–Kier alpha value is -1.26. The third-order valence-corrected chi connectivity index (χ3v) is 3.23. The van der Waals surface area contributed by atoms with E-state index in [1.54, 1.807) is 18.2 Å². The molecule has 0 bridgehead atoms. The molecule has 0 atom stereocenters. The molecular weight excluding hydrogens is 250 g/mol. The Morgan fingerprint density at radius 2 is 2.17 bits per heavy atom. The molecule has 0 unspecified atom stereocenters. The maximum Gasteiger partial charge on any atom is 0.251 e. The molecule has 1 amide bonds. The molecular formula is C13H20ClN3O. The lowest BCUT2D eigenvalue weighted by atomic mass is 10.2. The molecule has 0 saturated carbocycles. The molecule has 0 saturated heterocycles. The number of nitrogens with two attached hydrogens (primary N) is 1. The number of nitrogens with zero attached hydrogens (tertiary/aromatic N) is 1. The largest absolute Gasteiger partial charge is 0.398 e. The van der Waals surface area contributed by atoms with Crippen molar-refractivity contribution in [3.05, 3.63) is 28.8 Å². The van der Waals surface area contributed by atoms with Gasteiger partial charge in [-0.1, -0.05) is 11.6 Å². The van der Waals surface area contributed by atoms with Gasteiger partial charge in [0.2, 0.25) is 0 Å². The number of benzene rings is 1. The van der Waals surface area contributed by atoms with Gasteiger partial charge in [0.15, 0.2) is 0 Å². The Labute approximate surface area is 113 Å². The summed E-state index contributed by atoms with van der Waals surface area (Å²) in [5.74, 6) is -0.129. The zero-order valence-corrected chi connectivity index (χ0v) is 11.8. The summed E-state index contributed by atoms with van der Waals surface area (Å²) in [6.07, 6.45) is 0. The van der Waals surface area contributed by atoms with Crippen molar-refractivity contribution in [2.24, 2.45) is 0 Å². The number of likely N-dealkylation sites (N-methyl/N-ethyl adjacent to an activating group) is 1. The molecule has 0 radical (unpaired) electrons. The van der Waals surface area contributed by atoms with E-state index in [1.807, 2.05) is 7.05 Å². The molecule has 4 nitrogen and oxygen atoms in total. The number of anilines is 1. The SMILES string of the molecule is CC(C)N(C)CCNC(=O)c1ccc(Cl)c(N)c1. The Balaban J connectivity index is 2.48. The van der Waals surface area contributed by atoms with Gasteiger partial charge in [-0.15, -0.1) is 0 Å². The summed E-state index contributed by atoms with van der Waals surface area (Å²) in [6, 6.07) is 5.35. The van der Waals surface area contributed by atoms with Crippen molar-refractivity contribution < 1.29 is 4.79 Å². The summed E-state index contributed by atoms with van der Waals surface area (Å²) in [5.41, 5.74) is 6.61. The fraction of sp³-hybridized carbons (Fsp3) is 0.462. The second kappa shape index (κ2) is 6.61. The minimum atomic E-state index is -0.129. The number of carbonyl (C=O) groups excluding carboxylic acids is 1. The highest BCUT2D eigenvalue weighted by Crippen LogP contribution is 2.19. The Morgan fingerprint density at radius 3 is 2.72 bits per heavy atom. The summed E-state index contributed by atoms with van der Waals surface area (Å²) in [6.45, 7) is 5.64. The van der Waals surface area contributed by atoms with Crippen LogP contribution in [0, 0.1) is 0 Å². The van der Waals surface area contributed by atoms with Crippen LogP contribution >= 0.6 is 11.6 Å². The maximum atomic E-state index is 11.8. The zero-order valence-electron chi connectivity index (χ0n) is 11.0. The van der Waals surface area contributed by atoms with Gasteiger partial charge in [-0.05, 0) is 39.1 Å². The van der Waals surface area contributed by atoms with Gasteiger partial charge in [0.25, 0.3) is 5.91 Å². The number of rotatable bonds is 5. The predicted octanol–water partition coefficient (Wildman–Crippen LogP) is 1.99. The summed E-state index contributed by atoms with van der Waals surface area (Å²) in [7, 11) is 2.02. The lowest BCUT2D eigenvalue weighted by Crippen LogP contribution is -2.36. The standard InChI is InChI=1S/C13H20ClN3O/c1-9(2)17(3)7-6-16-13(18)10-4-5-11(14)12(15)8-10/h4-5,8-9H,6-7,15H2,1-3H3,(H,16,18). The molecule has 0 aliphatic heterocycles. The summed E-state index contributed by atoms with van der Waals surface area (Å²) in [5, 5.41) is 3.32. The van der Waals surface area contributed by atoms with E-state index in [0.717, 1.165) is 6.54 Å². The first-order chi connectivity index (χ1) is 8.41. The van der Waals surface area contributed by atoms with E-state index < -0.39 is 0 Å². The highest BCUT2D eigenvalue weighted by Gasteiger charge is 2.08. The van der Waals surface area contributed by atoms with Crippen molar-refractivity contribution in [3.63, 3.8) is 0 Å². The number of carbonyl (C=O) groups is 1. The molecule has 100 valence electrons. The van der Waals surface area contributed by atoms with Gasteiger partial charge in [-0.2, -0.15) is 0 Å². The number of amides is 1. The topological polar surface area (TPSA) is 58.4 Å². The molecule has 1 aromatic carbocycles. The van der Waals surface area contributed by atoms with E-state index >= 15 is 0 Å². The molecule has 1 rings (SSSR count). The highest BCUT2D eigenvalue weighted by atomic mass is 35.5. The molecule has 0 aliphatic carbocycles. The normalized spacial score (nSPS) is 11.0. The van der Waals surface area contributed by atoms with Crippen LogP contribution in [-0.4, -0.2) is 37.0 Å². The van der Waals surface area contributed by atoms with Crippen molar-refractivity contribution in [2.45, 2.75) is 19.9 Å². The van der Waals surface area contributed by atoms with Crippen molar-refractivity contribution in [2.75, 3.05) is 25.9 Å². The molecule has 3 N–H and O–H groups in total. The van der Waals surface area contributed by atoms with Gasteiger partial charge < -0.3 is 16.0 Å². The number of nitrogen functional groups attached to an aromatic ring is 1. The maximum absolute atomic E-state index is 11.8. The van der Waals surface area contributed by atoms with E-state index in [9.17, 15) is 4.79 Å². The highest BCUT2D eigenvalue weighted by molar-refractivity contribution is 6.33. The molecule has 1 aromatic rings. The van der Waals surface area contributed by atoms with E-state index in [2.05, 4.69) is 24.1 Å². The quantitative estimate of drug-likeness (QED) is 0.804. The third-order valence-electron chi connectivity index (χ3n) is 2.89. The smallest absolute Gasteiger partial charge is 0.251 e. The lowest BCUT2D eigenvalue weighted by molar-refractivity contribution is 0.0948. The third kappa shape index (κ3) is 4.20. The van der Waals surface area contributed by atoms with Gasteiger partial charge in [0.1, 0.15) is 0 Å². The first-order valence-corrected chi connectivity index (χ1v) is 6.33. The molecule has 18 heavy (non-hydrogen) atoms. The van der Waals surface area contributed by atoms with Crippen LogP contribution in [0.1, 0.15) is 24.2 Å². The second-order valence-electron chi connectivity index (χ2n) is 4.57. The minimum absolute atomic E-state index is 0.129. The van der Waals surface area contributed by atoms with Crippen LogP contribution in [0.5, 0.6) is 0 Å².